The van der Waals surface area contributed by atoms with Gasteiger partial charge in [-0.1, -0.05) is 30.3 Å². The molecule has 1 saturated heterocycles. The number of aliphatic carboxylic acids is 1. The number of carbonyl (C=O) groups excluding carboxylic acids is 2. The minimum Gasteiger partial charge on any atom is -0.475 e. The minimum absolute atomic E-state index is 0.162. The van der Waals surface area contributed by atoms with Gasteiger partial charge in [0.15, 0.2) is 5.60 Å². The second kappa shape index (κ2) is 12.4. The molecular formula is C25H28F3N5O5. The fourth-order valence-corrected chi connectivity index (χ4v) is 3.99. The van der Waals surface area contributed by atoms with Gasteiger partial charge < -0.3 is 25.5 Å². The lowest BCUT2D eigenvalue weighted by molar-refractivity contribution is -0.192. The molecule has 1 atom stereocenters. The molecule has 0 saturated carbocycles. The number of piperidine rings is 1. The first-order chi connectivity index (χ1) is 18.0. The van der Waals surface area contributed by atoms with Crippen LogP contribution in [0.1, 0.15) is 37.3 Å². The van der Waals surface area contributed by atoms with E-state index in [-0.39, 0.29) is 11.9 Å². The van der Waals surface area contributed by atoms with Crippen molar-refractivity contribution in [2.75, 3.05) is 18.4 Å². The maximum atomic E-state index is 12.8. The summed E-state index contributed by atoms with van der Waals surface area (Å²) < 4.78 is 31.7. The van der Waals surface area contributed by atoms with E-state index in [2.05, 4.69) is 27.7 Å². The van der Waals surface area contributed by atoms with E-state index in [0.717, 1.165) is 30.5 Å². The number of hydrogen-bond acceptors (Lipinski definition) is 6. The van der Waals surface area contributed by atoms with Gasteiger partial charge in [0.05, 0.1) is 6.54 Å². The number of halogens is 3. The number of amides is 3. The molecule has 1 unspecified atom stereocenters. The topological polar surface area (TPSA) is 133 Å². The van der Waals surface area contributed by atoms with Crippen LogP contribution in [-0.4, -0.2) is 63.5 Å². The third-order valence-electron chi connectivity index (χ3n) is 5.93. The maximum Gasteiger partial charge on any atom is 0.490 e. The largest absolute Gasteiger partial charge is 0.490 e. The van der Waals surface area contributed by atoms with E-state index in [1.165, 1.54) is 5.56 Å². The Hall–Kier alpha value is -4.16. The zero-order valence-electron chi connectivity index (χ0n) is 20.6. The Morgan fingerprint density at radius 3 is 2.58 bits per heavy atom. The summed E-state index contributed by atoms with van der Waals surface area (Å²) >= 11 is 0. The molecule has 1 aromatic heterocycles. The van der Waals surface area contributed by atoms with Crippen molar-refractivity contribution in [3.05, 3.63) is 59.9 Å². The number of likely N-dealkylation sites (tertiary alicyclic amines) is 1. The number of aryl methyl sites for hydroxylation is 1. The predicted molar refractivity (Wildman–Crippen MR) is 131 cm³/mol. The number of carboxylic acids is 1. The molecule has 13 heteroatoms. The maximum absolute atomic E-state index is 12.8. The molecule has 3 N–H and O–H groups in total. The number of nitrogens with zero attached hydrogens (tertiary/aromatic N) is 3. The minimum atomic E-state index is -5.08. The van der Waals surface area contributed by atoms with Crippen LogP contribution in [0.2, 0.25) is 0 Å². The average Bonchev–Trinajstić information content (AvgIpc) is 3.30. The lowest BCUT2D eigenvalue weighted by atomic mass is 9.88. The number of hydrogen-bond donors (Lipinski definition) is 3. The van der Waals surface area contributed by atoms with Crippen molar-refractivity contribution in [3.63, 3.8) is 0 Å². The summed E-state index contributed by atoms with van der Waals surface area (Å²) in [5.41, 5.74) is 2.59. The Morgan fingerprint density at radius 2 is 1.92 bits per heavy atom. The quantitative estimate of drug-likeness (QED) is 0.534. The molecule has 2 aromatic rings. The SMILES string of the molecule is CCc1cccc(NC(=O)N2CCCC3(CC(C(=O)NCc4cccnc4)=NO3)C2)c1.O=C(O)C(F)(F)F. The van der Waals surface area contributed by atoms with E-state index in [1.807, 2.05) is 36.4 Å². The molecule has 204 valence electrons. The first kappa shape index (κ1) is 28.4. The van der Waals surface area contributed by atoms with Crippen molar-refractivity contribution >= 4 is 29.3 Å². The molecule has 1 spiro atoms. The summed E-state index contributed by atoms with van der Waals surface area (Å²) in [6, 6.07) is 11.4. The summed E-state index contributed by atoms with van der Waals surface area (Å²) in [4.78, 5) is 45.8. The number of anilines is 1. The Kier molecular flexibility index (Phi) is 9.26. The Morgan fingerprint density at radius 1 is 1.18 bits per heavy atom. The van der Waals surface area contributed by atoms with Gasteiger partial charge in [-0.15, -0.1) is 0 Å². The number of carbonyl (C=O) groups is 3. The summed E-state index contributed by atoms with van der Waals surface area (Å²) in [6.45, 7) is 3.50. The van der Waals surface area contributed by atoms with Gasteiger partial charge in [-0.05, 0) is 48.6 Å². The highest BCUT2D eigenvalue weighted by molar-refractivity contribution is 6.39. The van der Waals surface area contributed by atoms with E-state index >= 15 is 0 Å². The molecule has 0 bridgehead atoms. The standard InChI is InChI=1S/C23H27N5O3.C2HF3O2/c1-2-17-6-3-8-19(12-17)26-22(30)28-11-5-9-23(16-28)13-20(27-31-23)21(29)25-15-18-7-4-10-24-14-18;3-2(4,5)1(6)7/h3-4,6-8,10,12,14H,2,5,9,11,13,15-16H2,1H3,(H,25,29)(H,26,30);(H,6,7). The van der Waals surface area contributed by atoms with Crippen molar-refractivity contribution in [1.82, 2.24) is 15.2 Å². The van der Waals surface area contributed by atoms with Gasteiger partial charge in [-0.25, -0.2) is 9.59 Å². The molecular weight excluding hydrogens is 507 g/mol. The van der Waals surface area contributed by atoms with Crippen molar-refractivity contribution in [1.29, 1.82) is 0 Å². The molecule has 2 aliphatic heterocycles. The van der Waals surface area contributed by atoms with Gasteiger partial charge in [0.25, 0.3) is 5.91 Å². The lowest BCUT2D eigenvalue weighted by Gasteiger charge is -2.38. The van der Waals surface area contributed by atoms with Gasteiger partial charge in [-0.2, -0.15) is 13.2 Å². The number of oxime groups is 1. The highest BCUT2D eigenvalue weighted by Gasteiger charge is 2.45. The van der Waals surface area contributed by atoms with Crippen LogP contribution in [0, 0.1) is 0 Å². The molecule has 10 nitrogen and oxygen atoms in total. The smallest absolute Gasteiger partial charge is 0.475 e. The molecule has 4 rings (SSSR count). The molecule has 0 aliphatic carbocycles. The number of rotatable bonds is 5. The summed E-state index contributed by atoms with van der Waals surface area (Å²) in [5.74, 6) is -3.01. The third-order valence-corrected chi connectivity index (χ3v) is 5.93. The van der Waals surface area contributed by atoms with Crippen molar-refractivity contribution < 1.29 is 37.5 Å². The average molecular weight is 536 g/mol. The van der Waals surface area contributed by atoms with Crippen LogP contribution in [0.5, 0.6) is 0 Å². The summed E-state index contributed by atoms with van der Waals surface area (Å²) in [6.07, 6.45) is 1.17. The van der Waals surface area contributed by atoms with Crippen molar-refractivity contribution in [2.24, 2.45) is 5.16 Å². The van der Waals surface area contributed by atoms with E-state index < -0.39 is 17.7 Å². The molecule has 3 amide bonds. The molecule has 2 aliphatic rings. The summed E-state index contributed by atoms with van der Waals surface area (Å²) in [7, 11) is 0. The Labute approximate surface area is 216 Å². The number of pyridine rings is 1. The number of alkyl halides is 3. The van der Waals surface area contributed by atoms with Crippen LogP contribution < -0.4 is 10.6 Å². The van der Waals surface area contributed by atoms with E-state index in [1.54, 1.807) is 17.3 Å². The van der Waals surface area contributed by atoms with Gasteiger partial charge in [0, 0.05) is 37.6 Å². The normalized spacial score (nSPS) is 18.5. The molecule has 38 heavy (non-hydrogen) atoms. The van der Waals surface area contributed by atoms with Crippen LogP contribution >= 0.6 is 0 Å². The zero-order valence-corrected chi connectivity index (χ0v) is 20.6. The van der Waals surface area contributed by atoms with Gasteiger partial charge >= 0.3 is 18.2 Å². The van der Waals surface area contributed by atoms with Crippen molar-refractivity contribution in [3.8, 4) is 0 Å². The Bertz CT molecular complexity index is 1180. The van der Waals surface area contributed by atoms with Crippen LogP contribution in [0.4, 0.5) is 23.7 Å². The highest BCUT2D eigenvalue weighted by Crippen LogP contribution is 2.33. The lowest BCUT2D eigenvalue weighted by Crippen LogP contribution is -2.52. The highest BCUT2D eigenvalue weighted by atomic mass is 19.4. The molecule has 3 heterocycles. The van der Waals surface area contributed by atoms with Crippen LogP contribution in [0.3, 0.4) is 0 Å². The number of nitrogens with one attached hydrogen (secondary N) is 2. The fraction of sp³-hybridized carbons (Fsp3) is 0.400. The van der Waals surface area contributed by atoms with Gasteiger partial charge in [-0.3, -0.25) is 9.78 Å². The zero-order chi connectivity index (χ0) is 27.8. The van der Waals surface area contributed by atoms with E-state index in [9.17, 15) is 22.8 Å². The molecule has 1 aromatic carbocycles. The van der Waals surface area contributed by atoms with Crippen LogP contribution in [0.25, 0.3) is 0 Å². The number of urea groups is 1. The second-order valence-corrected chi connectivity index (χ2v) is 8.85. The first-order valence-corrected chi connectivity index (χ1v) is 11.9. The second-order valence-electron chi connectivity index (χ2n) is 8.85. The fourth-order valence-electron chi connectivity index (χ4n) is 3.99. The predicted octanol–water partition coefficient (Wildman–Crippen LogP) is 3.74. The van der Waals surface area contributed by atoms with Crippen molar-refractivity contribution in [2.45, 2.75) is 50.9 Å². The van der Waals surface area contributed by atoms with E-state index in [4.69, 9.17) is 14.7 Å². The van der Waals surface area contributed by atoms with E-state index in [0.29, 0.717) is 31.8 Å². The monoisotopic (exact) mass is 535 g/mol. The summed E-state index contributed by atoms with van der Waals surface area (Å²) in [5, 5.41) is 17.0. The molecule has 0 radical (unpaired) electrons. The first-order valence-electron chi connectivity index (χ1n) is 11.9. The molecule has 1 fully saturated rings. The number of carboxylic acid groups (broad SMARTS) is 1. The third kappa shape index (κ3) is 7.92. The number of benzene rings is 1. The van der Waals surface area contributed by atoms with Crippen LogP contribution in [0.15, 0.2) is 53.9 Å². The Balaban J connectivity index is 0.000000505. The van der Waals surface area contributed by atoms with Gasteiger partial charge in [0.1, 0.15) is 5.71 Å². The van der Waals surface area contributed by atoms with Crippen LogP contribution in [-0.2, 0) is 27.4 Å². The van der Waals surface area contributed by atoms with Gasteiger partial charge in [0.2, 0.25) is 0 Å². The number of aromatic nitrogens is 1.